The van der Waals surface area contributed by atoms with Gasteiger partial charge in [-0.3, -0.25) is 4.79 Å². The van der Waals surface area contributed by atoms with E-state index < -0.39 is 0 Å². The van der Waals surface area contributed by atoms with Gasteiger partial charge in [0.1, 0.15) is 23.0 Å². The summed E-state index contributed by atoms with van der Waals surface area (Å²) >= 11 is 6.01. The average molecular weight is 385 g/mol. The lowest BCUT2D eigenvalue weighted by Gasteiger charge is -2.11. The zero-order valence-corrected chi connectivity index (χ0v) is 15.4. The second kappa shape index (κ2) is 8.37. The van der Waals surface area contributed by atoms with Crippen LogP contribution >= 0.6 is 11.6 Å². The molecule has 0 spiro atoms. The van der Waals surface area contributed by atoms with Crippen molar-refractivity contribution in [3.63, 3.8) is 0 Å². The van der Waals surface area contributed by atoms with Crippen molar-refractivity contribution in [3.05, 3.63) is 65.6 Å². The molecule has 1 heterocycles. The van der Waals surface area contributed by atoms with Crippen LogP contribution in [-0.4, -0.2) is 30.1 Å². The lowest BCUT2D eigenvalue weighted by molar-refractivity contribution is 0.102. The molecule has 0 aliphatic heterocycles. The van der Waals surface area contributed by atoms with Gasteiger partial charge in [0.2, 0.25) is 0 Å². The predicted molar refractivity (Wildman–Crippen MR) is 104 cm³/mol. The van der Waals surface area contributed by atoms with Gasteiger partial charge in [0.15, 0.2) is 0 Å². The van der Waals surface area contributed by atoms with Crippen LogP contribution in [-0.2, 0) is 0 Å². The Morgan fingerprint density at radius 3 is 2.41 bits per heavy atom. The second-order valence-electron chi connectivity index (χ2n) is 5.44. The number of amides is 1. The number of rotatable bonds is 6. The van der Waals surface area contributed by atoms with Crippen molar-refractivity contribution in [2.24, 2.45) is 0 Å². The van der Waals surface area contributed by atoms with Crippen LogP contribution in [0.25, 0.3) is 0 Å². The van der Waals surface area contributed by atoms with E-state index in [1.807, 2.05) is 0 Å². The van der Waals surface area contributed by atoms with Gasteiger partial charge in [-0.15, -0.1) is 0 Å². The highest BCUT2D eigenvalue weighted by atomic mass is 35.5. The minimum absolute atomic E-state index is 0.189. The van der Waals surface area contributed by atoms with E-state index in [0.29, 0.717) is 33.7 Å². The van der Waals surface area contributed by atoms with Crippen molar-refractivity contribution >= 4 is 34.7 Å². The summed E-state index contributed by atoms with van der Waals surface area (Å²) in [6, 6.07) is 12.2. The van der Waals surface area contributed by atoms with E-state index >= 15 is 0 Å². The molecule has 0 fully saturated rings. The molecule has 138 valence electrons. The van der Waals surface area contributed by atoms with Crippen LogP contribution in [0.15, 0.2) is 54.9 Å². The topological polar surface area (TPSA) is 85.4 Å². The first-order valence-electron chi connectivity index (χ1n) is 7.97. The highest BCUT2D eigenvalue weighted by molar-refractivity contribution is 6.31. The monoisotopic (exact) mass is 384 g/mol. The number of hydrogen-bond donors (Lipinski definition) is 2. The molecule has 0 unspecified atom stereocenters. The fourth-order valence-electron chi connectivity index (χ4n) is 2.30. The zero-order chi connectivity index (χ0) is 19.2. The highest BCUT2D eigenvalue weighted by Crippen LogP contribution is 2.29. The van der Waals surface area contributed by atoms with Crippen molar-refractivity contribution in [1.82, 2.24) is 9.97 Å². The van der Waals surface area contributed by atoms with Crippen molar-refractivity contribution < 1.29 is 14.3 Å². The molecule has 0 radical (unpaired) electrons. The number of aromatic nitrogens is 2. The first-order valence-corrected chi connectivity index (χ1v) is 8.35. The maximum Gasteiger partial charge on any atom is 0.275 e. The van der Waals surface area contributed by atoms with Crippen molar-refractivity contribution in [1.29, 1.82) is 0 Å². The molecule has 1 aromatic heterocycles. The van der Waals surface area contributed by atoms with Gasteiger partial charge in [0.25, 0.3) is 5.91 Å². The van der Waals surface area contributed by atoms with E-state index in [1.165, 1.54) is 12.4 Å². The minimum atomic E-state index is -0.362. The summed E-state index contributed by atoms with van der Waals surface area (Å²) in [5.41, 5.74) is 1.47. The number of nitrogens with zero attached hydrogens (tertiary/aromatic N) is 2. The van der Waals surface area contributed by atoms with E-state index in [0.717, 1.165) is 0 Å². The smallest absolute Gasteiger partial charge is 0.275 e. The SMILES string of the molecule is COc1ccc(NC(=O)c2cnc(Nc3cc(Cl)ccc3OC)cn2)cc1. The van der Waals surface area contributed by atoms with E-state index in [4.69, 9.17) is 21.1 Å². The zero-order valence-electron chi connectivity index (χ0n) is 14.7. The molecular weight excluding hydrogens is 368 g/mol. The third-order valence-corrected chi connectivity index (χ3v) is 3.89. The van der Waals surface area contributed by atoms with E-state index in [1.54, 1.807) is 56.7 Å². The van der Waals surface area contributed by atoms with Gasteiger partial charge in [-0.1, -0.05) is 11.6 Å². The molecule has 0 saturated heterocycles. The van der Waals surface area contributed by atoms with Gasteiger partial charge in [-0.25, -0.2) is 9.97 Å². The van der Waals surface area contributed by atoms with Crippen LogP contribution in [0.4, 0.5) is 17.2 Å². The summed E-state index contributed by atoms with van der Waals surface area (Å²) in [5.74, 6) is 1.42. The van der Waals surface area contributed by atoms with Crippen LogP contribution in [0.5, 0.6) is 11.5 Å². The molecule has 8 heteroatoms. The van der Waals surface area contributed by atoms with Gasteiger partial charge in [0, 0.05) is 10.7 Å². The maximum atomic E-state index is 12.3. The molecule has 0 atom stereocenters. The number of halogens is 1. The first-order chi connectivity index (χ1) is 13.1. The molecule has 3 aromatic rings. The van der Waals surface area contributed by atoms with Gasteiger partial charge >= 0.3 is 0 Å². The van der Waals surface area contributed by atoms with Crippen LogP contribution in [0.1, 0.15) is 10.5 Å². The average Bonchev–Trinajstić information content (AvgIpc) is 2.69. The van der Waals surface area contributed by atoms with Gasteiger partial charge in [-0.2, -0.15) is 0 Å². The van der Waals surface area contributed by atoms with E-state index in [9.17, 15) is 4.79 Å². The highest BCUT2D eigenvalue weighted by Gasteiger charge is 2.10. The molecular formula is C19H17ClN4O3. The Kier molecular flexibility index (Phi) is 5.73. The molecule has 27 heavy (non-hydrogen) atoms. The molecule has 3 rings (SSSR count). The second-order valence-corrected chi connectivity index (χ2v) is 5.88. The molecule has 0 aliphatic carbocycles. The van der Waals surface area contributed by atoms with Crippen LogP contribution in [0, 0.1) is 0 Å². The number of anilines is 3. The number of benzene rings is 2. The summed E-state index contributed by atoms with van der Waals surface area (Å²) in [4.78, 5) is 20.6. The summed E-state index contributed by atoms with van der Waals surface area (Å²) in [6.07, 6.45) is 2.85. The number of nitrogens with one attached hydrogen (secondary N) is 2. The predicted octanol–water partition coefficient (Wildman–Crippen LogP) is 4.14. The fraction of sp³-hybridized carbons (Fsp3) is 0.105. The molecule has 0 saturated carbocycles. The van der Waals surface area contributed by atoms with Crippen LogP contribution in [0.3, 0.4) is 0 Å². The lowest BCUT2D eigenvalue weighted by Crippen LogP contribution is -2.14. The van der Waals surface area contributed by atoms with Gasteiger partial charge in [-0.05, 0) is 42.5 Å². The van der Waals surface area contributed by atoms with E-state index in [-0.39, 0.29) is 11.6 Å². The van der Waals surface area contributed by atoms with Crippen molar-refractivity contribution in [3.8, 4) is 11.5 Å². The molecule has 2 N–H and O–H groups in total. The molecule has 1 amide bonds. The van der Waals surface area contributed by atoms with E-state index in [2.05, 4.69) is 20.6 Å². The summed E-state index contributed by atoms with van der Waals surface area (Å²) in [6.45, 7) is 0. The Bertz CT molecular complexity index is 931. The minimum Gasteiger partial charge on any atom is -0.497 e. The molecule has 0 aliphatic rings. The Balaban J connectivity index is 1.69. The third-order valence-electron chi connectivity index (χ3n) is 3.66. The van der Waals surface area contributed by atoms with Crippen LogP contribution in [0.2, 0.25) is 5.02 Å². The van der Waals surface area contributed by atoms with Crippen molar-refractivity contribution in [2.75, 3.05) is 24.9 Å². The maximum absolute atomic E-state index is 12.3. The van der Waals surface area contributed by atoms with Crippen LogP contribution < -0.4 is 20.1 Å². The Morgan fingerprint density at radius 2 is 1.78 bits per heavy atom. The fourth-order valence-corrected chi connectivity index (χ4v) is 2.47. The number of carbonyl (C=O) groups excluding carboxylic acids is 1. The quantitative estimate of drug-likeness (QED) is 0.664. The largest absolute Gasteiger partial charge is 0.497 e. The third kappa shape index (κ3) is 4.65. The summed E-state index contributed by atoms with van der Waals surface area (Å²) in [5, 5.41) is 6.37. The first kappa shape index (κ1) is 18.5. The van der Waals surface area contributed by atoms with Gasteiger partial charge in [0.05, 0.1) is 32.3 Å². The summed E-state index contributed by atoms with van der Waals surface area (Å²) in [7, 11) is 3.14. The van der Waals surface area contributed by atoms with Crippen molar-refractivity contribution in [2.45, 2.75) is 0 Å². The Hall–Kier alpha value is -3.32. The Labute approximate surface area is 161 Å². The van der Waals surface area contributed by atoms with Gasteiger partial charge < -0.3 is 20.1 Å². The number of ether oxygens (including phenoxy) is 2. The normalized spacial score (nSPS) is 10.2. The number of methoxy groups -OCH3 is 2. The lowest BCUT2D eigenvalue weighted by atomic mass is 10.3. The summed E-state index contributed by atoms with van der Waals surface area (Å²) < 4.78 is 10.4. The Morgan fingerprint density at radius 1 is 1.00 bits per heavy atom. The molecule has 2 aromatic carbocycles. The molecule has 7 nitrogen and oxygen atoms in total. The molecule has 0 bridgehead atoms. The standard InChI is InChI=1S/C19H17ClN4O3/c1-26-14-6-4-13(5-7-14)23-19(25)16-10-22-18(11-21-16)24-15-9-12(20)3-8-17(15)27-2/h3-11H,1-2H3,(H,22,24)(H,23,25). The number of hydrogen-bond acceptors (Lipinski definition) is 6. The number of carbonyl (C=O) groups is 1.